The molecule has 0 saturated carbocycles. The second-order valence-corrected chi connectivity index (χ2v) is 4.70. The molecule has 0 aliphatic rings. The highest BCUT2D eigenvalue weighted by atomic mass is 16.5. The summed E-state index contributed by atoms with van der Waals surface area (Å²) in [5.74, 6) is 1.22. The summed E-state index contributed by atoms with van der Waals surface area (Å²) in [4.78, 5) is 11.2. The number of ether oxygens (including phenoxy) is 1. The molecule has 1 amide bonds. The predicted octanol–water partition coefficient (Wildman–Crippen LogP) is 3.54. The SMILES string of the molecule is C=CC(=O)Nc1ccc(C)c(OCCC(C)C)c1. The monoisotopic (exact) mass is 247 g/mol. The van der Waals surface area contributed by atoms with Gasteiger partial charge in [0.1, 0.15) is 5.75 Å². The van der Waals surface area contributed by atoms with E-state index < -0.39 is 0 Å². The van der Waals surface area contributed by atoms with Gasteiger partial charge in [-0.3, -0.25) is 4.79 Å². The highest BCUT2D eigenvalue weighted by molar-refractivity contribution is 5.98. The molecule has 0 aliphatic heterocycles. The van der Waals surface area contributed by atoms with Crippen LogP contribution in [0, 0.1) is 12.8 Å². The number of benzene rings is 1. The van der Waals surface area contributed by atoms with E-state index >= 15 is 0 Å². The Morgan fingerprint density at radius 1 is 1.50 bits per heavy atom. The maximum absolute atomic E-state index is 11.2. The highest BCUT2D eigenvalue weighted by Gasteiger charge is 2.04. The number of hydrogen-bond donors (Lipinski definition) is 1. The third kappa shape index (κ3) is 4.62. The molecule has 0 saturated heterocycles. The lowest BCUT2D eigenvalue weighted by molar-refractivity contribution is -0.111. The Morgan fingerprint density at radius 3 is 2.83 bits per heavy atom. The molecule has 1 N–H and O–H groups in total. The third-order valence-electron chi connectivity index (χ3n) is 2.59. The summed E-state index contributed by atoms with van der Waals surface area (Å²) in [6, 6.07) is 5.63. The summed E-state index contributed by atoms with van der Waals surface area (Å²) in [6.45, 7) is 10.4. The molecular formula is C15H21NO2. The number of anilines is 1. The summed E-state index contributed by atoms with van der Waals surface area (Å²) < 4.78 is 5.73. The Balaban J connectivity index is 2.68. The van der Waals surface area contributed by atoms with Crippen molar-refractivity contribution < 1.29 is 9.53 Å². The number of carbonyl (C=O) groups is 1. The minimum Gasteiger partial charge on any atom is -0.493 e. The van der Waals surface area contributed by atoms with Crippen molar-refractivity contribution >= 4 is 11.6 Å². The van der Waals surface area contributed by atoms with E-state index in [1.54, 1.807) is 0 Å². The van der Waals surface area contributed by atoms with Crippen molar-refractivity contribution in [1.82, 2.24) is 0 Å². The fourth-order valence-electron chi connectivity index (χ4n) is 1.43. The van der Waals surface area contributed by atoms with E-state index in [-0.39, 0.29) is 5.91 Å². The number of nitrogens with one attached hydrogen (secondary N) is 1. The van der Waals surface area contributed by atoms with Gasteiger partial charge in [0.25, 0.3) is 0 Å². The number of carbonyl (C=O) groups excluding carboxylic acids is 1. The van der Waals surface area contributed by atoms with Crippen LogP contribution in [-0.2, 0) is 4.79 Å². The molecule has 1 aromatic carbocycles. The summed E-state index contributed by atoms with van der Waals surface area (Å²) in [5, 5.41) is 2.72. The van der Waals surface area contributed by atoms with Gasteiger partial charge in [0, 0.05) is 11.8 Å². The first-order chi connectivity index (χ1) is 8.52. The second-order valence-electron chi connectivity index (χ2n) is 4.70. The van der Waals surface area contributed by atoms with Crippen molar-refractivity contribution in [2.75, 3.05) is 11.9 Å². The van der Waals surface area contributed by atoms with E-state index in [1.807, 2.05) is 25.1 Å². The zero-order chi connectivity index (χ0) is 13.5. The van der Waals surface area contributed by atoms with Crippen molar-refractivity contribution in [2.45, 2.75) is 27.2 Å². The fourth-order valence-corrected chi connectivity index (χ4v) is 1.43. The van der Waals surface area contributed by atoms with Gasteiger partial charge in [-0.1, -0.05) is 26.5 Å². The van der Waals surface area contributed by atoms with Crippen LogP contribution in [0.1, 0.15) is 25.8 Å². The maximum atomic E-state index is 11.2. The minimum absolute atomic E-state index is 0.216. The molecule has 0 heterocycles. The average molecular weight is 247 g/mol. The maximum Gasteiger partial charge on any atom is 0.247 e. The Bertz CT molecular complexity index is 425. The predicted molar refractivity (Wildman–Crippen MR) is 75.0 cm³/mol. The lowest BCUT2D eigenvalue weighted by Gasteiger charge is -2.12. The Morgan fingerprint density at radius 2 is 2.22 bits per heavy atom. The highest BCUT2D eigenvalue weighted by Crippen LogP contribution is 2.23. The van der Waals surface area contributed by atoms with E-state index in [0.717, 1.165) is 23.4 Å². The summed E-state index contributed by atoms with van der Waals surface area (Å²) in [7, 11) is 0. The molecule has 0 unspecified atom stereocenters. The van der Waals surface area contributed by atoms with E-state index in [9.17, 15) is 4.79 Å². The largest absolute Gasteiger partial charge is 0.493 e. The topological polar surface area (TPSA) is 38.3 Å². The van der Waals surface area contributed by atoms with E-state index in [1.165, 1.54) is 6.08 Å². The molecule has 3 nitrogen and oxygen atoms in total. The van der Waals surface area contributed by atoms with Crippen molar-refractivity contribution in [1.29, 1.82) is 0 Å². The van der Waals surface area contributed by atoms with Gasteiger partial charge >= 0.3 is 0 Å². The number of amides is 1. The van der Waals surface area contributed by atoms with Gasteiger partial charge in [0.05, 0.1) is 6.61 Å². The van der Waals surface area contributed by atoms with Crippen LogP contribution in [0.25, 0.3) is 0 Å². The van der Waals surface area contributed by atoms with E-state index in [0.29, 0.717) is 12.5 Å². The van der Waals surface area contributed by atoms with Crippen LogP contribution in [-0.4, -0.2) is 12.5 Å². The van der Waals surface area contributed by atoms with Gasteiger partial charge in [0.2, 0.25) is 5.91 Å². The van der Waals surface area contributed by atoms with Crippen LogP contribution in [0.5, 0.6) is 5.75 Å². The quantitative estimate of drug-likeness (QED) is 0.781. The minimum atomic E-state index is -0.216. The number of aryl methyl sites for hydroxylation is 1. The van der Waals surface area contributed by atoms with E-state index in [4.69, 9.17) is 4.74 Å². The van der Waals surface area contributed by atoms with Crippen LogP contribution in [0.2, 0.25) is 0 Å². The van der Waals surface area contributed by atoms with Crippen molar-refractivity contribution in [3.05, 3.63) is 36.4 Å². The molecule has 0 atom stereocenters. The number of rotatable bonds is 6. The Hall–Kier alpha value is -1.77. The second kappa shape index (κ2) is 6.84. The zero-order valence-electron chi connectivity index (χ0n) is 11.3. The van der Waals surface area contributed by atoms with Crippen molar-refractivity contribution in [3.8, 4) is 5.75 Å². The first-order valence-corrected chi connectivity index (χ1v) is 6.19. The van der Waals surface area contributed by atoms with Gasteiger partial charge < -0.3 is 10.1 Å². The Labute approximate surface area is 109 Å². The Kier molecular flexibility index (Phi) is 5.43. The van der Waals surface area contributed by atoms with E-state index in [2.05, 4.69) is 25.7 Å². The first-order valence-electron chi connectivity index (χ1n) is 6.19. The molecule has 0 spiro atoms. The molecule has 18 heavy (non-hydrogen) atoms. The smallest absolute Gasteiger partial charge is 0.247 e. The van der Waals surface area contributed by atoms with Crippen LogP contribution in [0.15, 0.2) is 30.9 Å². The standard InChI is InChI=1S/C15H21NO2/c1-5-15(17)16-13-7-6-12(4)14(10-13)18-9-8-11(2)3/h5-7,10-11H,1,8-9H2,2-4H3,(H,16,17). The molecule has 98 valence electrons. The molecule has 0 fully saturated rings. The summed E-state index contributed by atoms with van der Waals surface area (Å²) in [6.07, 6.45) is 2.27. The van der Waals surface area contributed by atoms with Gasteiger partial charge in [-0.25, -0.2) is 0 Å². The van der Waals surface area contributed by atoms with Crippen molar-refractivity contribution in [2.24, 2.45) is 5.92 Å². The van der Waals surface area contributed by atoms with Crippen LogP contribution in [0.3, 0.4) is 0 Å². The van der Waals surface area contributed by atoms with Gasteiger partial charge in [0.15, 0.2) is 0 Å². The average Bonchev–Trinajstić information content (AvgIpc) is 2.32. The van der Waals surface area contributed by atoms with Gasteiger partial charge in [-0.15, -0.1) is 0 Å². The first kappa shape index (κ1) is 14.3. The van der Waals surface area contributed by atoms with Crippen LogP contribution < -0.4 is 10.1 Å². The number of hydrogen-bond acceptors (Lipinski definition) is 2. The normalized spacial score (nSPS) is 10.2. The summed E-state index contributed by atoms with van der Waals surface area (Å²) >= 11 is 0. The lowest BCUT2D eigenvalue weighted by atomic mass is 10.1. The molecule has 0 aliphatic carbocycles. The van der Waals surface area contributed by atoms with Crippen molar-refractivity contribution in [3.63, 3.8) is 0 Å². The summed E-state index contributed by atoms with van der Waals surface area (Å²) in [5.41, 5.74) is 1.79. The molecule has 1 aromatic rings. The van der Waals surface area contributed by atoms with Crippen LogP contribution in [0.4, 0.5) is 5.69 Å². The lowest BCUT2D eigenvalue weighted by Crippen LogP contribution is -2.08. The molecular weight excluding hydrogens is 226 g/mol. The molecule has 1 rings (SSSR count). The van der Waals surface area contributed by atoms with Gasteiger partial charge in [-0.2, -0.15) is 0 Å². The molecule has 0 bridgehead atoms. The fraction of sp³-hybridized carbons (Fsp3) is 0.400. The molecule has 3 heteroatoms. The molecule has 0 radical (unpaired) electrons. The van der Waals surface area contributed by atoms with Crippen LogP contribution >= 0.6 is 0 Å². The molecule has 0 aromatic heterocycles. The van der Waals surface area contributed by atoms with Gasteiger partial charge in [-0.05, 0) is 37.0 Å². The zero-order valence-corrected chi connectivity index (χ0v) is 11.3. The third-order valence-corrected chi connectivity index (χ3v) is 2.59.